The smallest absolute Gasteiger partial charge is 0.277 e. The first-order valence-electron chi connectivity index (χ1n) is 10.7. The SMILES string of the molecule is Cc1cccc(/C=N/NC(=O)COc2ccc(C(C)(C)c3ccc(OCC=O)cc3)cc2)c1. The van der Waals surface area contributed by atoms with Crippen LogP contribution in [0, 0.1) is 6.92 Å². The first kappa shape index (κ1) is 23.7. The first-order chi connectivity index (χ1) is 15.9. The molecule has 6 heteroatoms. The molecule has 0 aliphatic carbocycles. The Balaban J connectivity index is 1.53. The van der Waals surface area contributed by atoms with Crippen molar-refractivity contribution in [1.29, 1.82) is 0 Å². The zero-order valence-corrected chi connectivity index (χ0v) is 19.1. The predicted octanol–water partition coefficient (Wildman–Crippen LogP) is 4.43. The van der Waals surface area contributed by atoms with E-state index >= 15 is 0 Å². The van der Waals surface area contributed by atoms with E-state index in [1.54, 1.807) is 6.21 Å². The van der Waals surface area contributed by atoms with Crippen molar-refractivity contribution < 1.29 is 19.1 Å². The zero-order valence-electron chi connectivity index (χ0n) is 19.1. The third-order valence-corrected chi connectivity index (χ3v) is 5.28. The van der Waals surface area contributed by atoms with Crippen molar-refractivity contribution in [3.05, 3.63) is 95.1 Å². The molecule has 0 aromatic heterocycles. The standard InChI is InChI=1S/C27H28N2O4/c1-20-5-4-6-21(17-20)18-28-29-26(31)19-33-25-13-9-23(10-14-25)27(2,3)22-7-11-24(12-8-22)32-16-15-30/h4-15,17-18H,16,19H2,1-3H3,(H,29,31)/b28-18+. The van der Waals surface area contributed by atoms with Gasteiger partial charge in [0.05, 0.1) is 6.21 Å². The minimum atomic E-state index is -0.333. The monoisotopic (exact) mass is 444 g/mol. The maximum Gasteiger partial charge on any atom is 0.277 e. The summed E-state index contributed by atoms with van der Waals surface area (Å²) in [6.07, 6.45) is 2.33. The van der Waals surface area contributed by atoms with Crippen molar-refractivity contribution >= 4 is 18.4 Å². The number of hydrogen-bond donors (Lipinski definition) is 1. The number of amides is 1. The maximum atomic E-state index is 12.0. The molecule has 6 nitrogen and oxygen atoms in total. The van der Waals surface area contributed by atoms with E-state index in [2.05, 4.69) is 24.4 Å². The lowest BCUT2D eigenvalue weighted by Gasteiger charge is -2.26. The highest BCUT2D eigenvalue weighted by Gasteiger charge is 2.23. The molecular formula is C27H28N2O4. The lowest BCUT2D eigenvalue weighted by atomic mass is 9.78. The van der Waals surface area contributed by atoms with Gasteiger partial charge in [-0.05, 0) is 47.9 Å². The zero-order chi connectivity index (χ0) is 23.7. The average molecular weight is 445 g/mol. The Bertz CT molecular complexity index is 1100. The van der Waals surface area contributed by atoms with Crippen LogP contribution in [-0.4, -0.2) is 31.6 Å². The van der Waals surface area contributed by atoms with E-state index in [1.807, 2.05) is 79.7 Å². The Morgan fingerprint density at radius 2 is 1.55 bits per heavy atom. The molecular weight excluding hydrogens is 416 g/mol. The van der Waals surface area contributed by atoms with E-state index in [0.717, 1.165) is 28.5 Å². The van der Waals surface area contributed by atoms with Gasteiger partial charge in [-0.1, -0.05) is 67.9 Å². The summed E-state index contributed by atoms with van der Waals surface area (Å²) >= 11 is 0. The lowest BCUT2D eigenvalue weighted by molar-refractivity contribution is -0.123. The van der Waals surface area contributed by atoms with Crippen LogP contribution in [-0.2, 0) is 15.0 Å². The fourth-order valence-electron chi connectivity index (χ4n) is 3.34. The molecule has 170 valence electrons. The van der Waals surface area contributed by atoms with Gasteiger partial charge in [-0.3, -0.25) is 9.59 Å². The fraction of sp³-hybridized carbons (Fsp3) is 0.222. The number of rotatable bonds is 10. The molecule has 33 heavy (non-hydrogen) atoms. The lowest BCUT2D eigenvalue weighted by Crippen LogP contribution is -2.24. The maximum absolute atomic E-state index is 12.0. The highest BCUT2D eigenvalue weighted by atomic mass is 16.5. The quantitative estimate of drug-likeness (QED) is 0.285. The van der Waals surface area contributed by atoms with E-state index in [4.69, 9.17) is 9.47 Å². The molecule has 0 unspecified atom stereocenters. The molecule has 0 fully saturated rings. The van der Waals surface area contributed by atoms with Gasteiger partial charge in [-0.25, -0.2) is 5.43 Å². The molecule has 0 spiro atoms. The summed E-state index contributed by atoms with van der Waals surface area (Å²) in [5, 5.41) is 3.97. The van der Waals surface area contributed by atoms with E-state index in [0.29, 0.717) is 11.5 Å². The molecule has 0 aliphatic rings. The second-order valence-electron chi connectivity index (χ2n) is 8.15. The number of hydrazone groups is 1. The topological polar surface area (TPSA) is 77.0 Å². The summed E-state index contributed by atoms with van der Waals surface area (Å²) in [5.41, 5.74) is 6.48. The molecule has 1 N–H and O–H groups in total. The van der Waals surface area contributed by atoms with Gasteiger partial charge in [0.2, 0.25) is 0 Å². The van der Waals surface area contributed by atoms with Gasteiger partial charge in [0.1, 0.15) is 18.1 Å². The summed E-state index contributed by atoms with van der Waals surface area (Å²) in [6.45, 7) is 6.17. The summed E-state index contributed by atoms with van der Waals surface area (Å²) in [6, 6.07) is 23.2. The van der Waals surface area contributed by atoms with Crippen LogP contribution in [0.1, 0.15) is 36.1 Å². The van der Waals surface area contributed by atoms with Gasteiger partial charge in [-0.2, -0.15) is 5.10 Å². The number of carbonyl (C=O) groups excluding carboxylic acids is 2. The van der Waals surface area contributed by atoms with Crippen molar-refractivity contribution in [2.45, 2.75) is 26.2 Å². The largest absolute Gasteiger partial charge is 0.486 e. The van der Waals surface area contributed by atoms with Crippen molar-refractivity contribution in [2.75, 3.05) is 13.2 Å². The van der Waals surface area contributed by atoms with Crippen molar-refractivity contribution in [2.24, 2.45) is 5.10 Å². The highest BCUT2D eigenvalue weighted by Crippen LogP contribution is 2.33. The molecule has 0 radical (unpaired) electrons. The van der Waals surface area contributed by atoms with Gasteiger partial charge < -0.3 is 9.47 Å². The van der Waals surface area contributed by atoms with Crippen LogP contribution in [0.15, 0.2) is 77.9 Å². The number of nitrogens with one attached hydrogen (secondary N) is 1. The number of aryl methyl sites for hydroxylation is 1. The number of carbonyl (C=O) groups is 2. The average Bonchev–Trinajstić information content (AvgIpc) is 2.82. The normalized spacial score (nSPS) is 11.2. The van der Waals surface area contributed by atoms with E-state index in [9.17, 15) is 9.59 Å². The van der Waals surface area contributed by atoms with Crippen LogP contribution in [0.5, 0.6) is 11.5 Å². The third-order valence-electron chi connectivity index (χ3n) is 5.28. The molecule has 0 heterocycles. The first-order valence-corrected chi connectivity index (χ1v) is 10.7. The van der Waals surface area contributed by atoms with Crippen molar-refractivity contribution in [1.82, 2.24) is 5.43 Å². The Hall–Kier alpha value is -3.93. The Kier molecular flexibility index (Phi) is 7.97. The predicted molar refractivity (Wildman–Crippen MR) is 129 cm³/mol. The summed E-state index contributed by atoms with van der Waals surface area (Å²) < 4.78 is 10.9. The second-order valence-corrected chi connectivity index (χ2v) is 8.15. The Labute approximate surface area is 194 Å². The van der Waals surface area contributed by atoms with Crippen LogP contribution in [0.4, 0.5) is 0 Å². The molecule has 0 saturated heterocycles. The van der Waals surface area contributed by atoms with Gasteiger partial charge >= 0.3 is 0 Å². The summed E-state index contributed by atoms with van der Waals surface area (Å²) in [7, 11) is 0. The van der Waals surface area contributed by atoms with Crippen molar-refractivity contribution in [3.63, 3.8) is 0 Å². The molecule has 1 amide bonds. The number of ether oxygens (including phenoxy) is 2. The van der Waals surface area contributed by atoms with Gasteiger partial charge in [-0.15, -0.1) is 0 Å². The number of benzene rings is 3. The van der Waals surface area contributed by atoms with Crippen molar-refractivity contribution in [3.8, 4) is 11.5 Å². The second kappa shape index (κ2) is 11.1. The molecule has 0 saturated carbocycles. The van der Waals surface area contributed by atoms with E-state index < -0.39 is 0 Å². The third kappa shape index (κ3) is 6.77. The van der Waals surface area contributed by atoms with Gasteiger partial charge in [0.15, 0.2) is 12.9 Å². The van der Waals surface area contributed by atoms with Crippen LogP contribution >= 0.6 is 0 Å². The fourth-order valence-corrected chi connectivity index (χ4v) is 3.34. The highest BCUT2D eigenvalue weighted by molar-refractivity contribution is 5.83. The van der Waals surface area contributed by atoms with E-state index in [-0.39, 0.29) is 24.5 Å². The van der Waals surface area contributed by atoms with Gasteiger partial charge in [0.25, 0.3) is 5.91 Å². The van der Waals surface area contributed by atoms with E-state index in [1.165, 1.54) is 0 Å². The van der Waals surface area contributed by atoms with Crippen LogP contribution < -0.4 is 14.9 Å². The molecule has 3 aromatic carbocycles. The molecule has 0 atom stereocenters. The van der Waals surface area contributed by atoms with Crippen LogP contribution in [0.2, 0.25) is 0 Å². The number of aldehydes is 1. The molecule has 0 aliphatic heterocycles. The minimum Gasteiger partial charge on any atom is -0.486 e. The molecule has 3 aromatic rings. The Morgan fingerprint density at radius 3 is 2.12 bits per heavy atom. The van der Waals surface area contributed by atoms with Gasteiger partial charge in [0, 0.05) is 5.41 Å². The Morgan fingerprint density at radius 1 is 0.939 bits per heavy atom. The molecule has 3 rings (SSSR count). The summed E-state index contributed by atoms with van der Waals surface area (Å²) in [4.78, 5) is 22.4. The van der Waals surface area contributed by atoms with Crippen LogP contribution in [0.25, 0.3) is 0 Å². The number of nitrogens with zero attached hydrogens (tertiary/aromatic N) is 1. The number of hydrogen-bond acceptors (Lipinski definition) is 5. The van der Waals surface area contributed by atoms with Crippen LogP contribution in [0.3, 0.4) is 0 Å². The minimum absolute atomic E-state index is 0.0430. The summed E-state index contributed by atoms with van der Waals surface area (Å²) in [5.74, 6) is 0.928. The molecule has 0 bridgehead atoms.